The van der Waals surface area contributed by atoms with Crippen molar-refractivity contribution < 1.29 is 13.9 Å². The molecule has 0 spiro atoms. The number of morpholine rings is 1. The number of ether oxygens (including phenoxy) is 2. The third-order valence-electron chi connectivity index (χ3n) is 5.16. The zero-order chi connectivity index (χ0) is 18.7. The molecule has 7 nitrogen and oxygen atoms in total. The van der Waals surface area contributed by atoms with Crippen LogP contribution in [0.1, 0.15) is 19.1 Å². The zero-order valence-electron chi connectivity index (χ0n) is 16.6. The van der Waals surface area contributed by atoms with E-state index in [1.54, 1.807) is 6.26 Å². The molecule has 2 saturated heterocycles. The first-order valence-electron chi connectivity index (χ1n) is 10.3. The molecule has 152 valence electrons. The fourth-order valence-corrected chi connectivity index (χ4v) is 3.59. The summed E-state index contributed by atoms with van der Waals surface area (Å²) in [7, 11) is 0. The first kappa shape index (κ1) is 20.2. The van der Waals surface area contributed by atoms with E-state index in [2.05, 4.69) is 22.0 Å². The van der Waals surface area contributed by atoms with Crippen LogP contribution in [0.3, 0.4) is 0 Å². The summed E-state index contributed by atoms with van der Waals surface area (Å²) in [5.41, 5.74) is 0. The number of aliphatic imine (C=N–C) groups is 1. The first-order valence-corrected chi connectivity index (χ1v) is 10.3. The number of rotatable bonds is 9. The third-order valence-corrected chi connectivity index (χ3v) is 5.16. The molecule has 0 saturated carbocycles. The minimum absolute atomic E-state index is 0.598. The Morgan fingerprint density at radius 1 is 1.33 bits per heavy atom. The van der Waals surface area contributed by atoms with Gasteiger partial charge < -0.3 is 24.1 Å². The Balaban J connectivity index is 1.49. The molecular formula is C20H34N4O3. The van der Waals surface area contributed by atoms with E-state index in [0.29, 0.717) is 5.92 Å². The molecular weight excluding hydrogens is 344 g/mol. The van der Waals surface area contributed by atoms with E-state index in [1.807, 2.05) is 12.1 Å². The highest BCUT2D eigenvalue weighted by molar-refractivity contribution is 5.80. The van der Waals surface area contributed by atoms with Gasteiger partial charge in [-0.05, 0) is 25.5 Å². The molecule has 0 amide bonds. The molecule has 1 aromatic heterocycles. The monoisotopic (exact) mass is 378 g/mol. The summed E-state index contributed by atoms with van der Waals surface area (Å²) in [4.78, 5) is 9.72. The van der Waals surface area contributed by atoms with Gasteiger partial charge in [0.1, 0.15) is 5.76 Å². The van der Waals surface area contributed by atoms with E-state index in [0.717, 1.165) is 90.4 Å². The van der Waals surface area contributed by atoms with Crippen LogP contribution >= 0.6 is 0 Å². The average molecular weight is 379 g/mol. The van der Waals surface area contributed by atoms with E-state index in [-0.39, 0.29) is 0 Å². The van der Waals surface area contributed by atoms with Gasteiger partial charge in [-0.3, -0.25) is 9.89 Å². The van der Waals surface area contributed by atoms with Gasteiger partial charge in [-0.2, -0.15) is 0 Å². The van der Waals surface area contributed by atoms with Crippen LogP contribution in [0.25, 0.3) is 0 Å². The molecule has 3 rings (SSSR count). The van der Waals surface area contributed by atoms with Crippen LogP contribution in [-0.2, 0) is 15.9 Å². The molecule has 1 aromatic rings. The van der Waals surface area contributed by atoms with Crippen LogP contribution in [0.5, 0.6) is 0 Å². The largest absolute Gasteiger partial charge is 0.469 e. The minimum atomic E-state index is 0.598. The summed E-state index contributed by atoms with van der Waals surface area (Å²) in [5.74, 6) is 2.63. The Labute approximate surface area is 162 Å². The maximum atomic E-state index is 5.62. The number of nitrogens with zero attached hydrogens (tertiary/aromatic N) is 3. The van der Waals surface area contributed by atoms with Crippen molar-refractivity contribution in [3.63, 3.8) is 0 Å². The van der Waals surface area contributed by atoms with Gasteiger partial charge in [0.2, 0.25) is 0 Å². The molecule has 0 aromatic carbocycles. The second-order valence-electron chi connectivity index (χ2n) is 7.18. The topological polar surface area (TPSA) is 62.5 Å². The Morgan fingerprint density at radius 2 is 2.22 bits per heavy atom. The van der Waals surface area contributed by atoms with Gasteiger partial charge in [0.15, 0.2) is 5.96 Å². The molecule has 1 atom stereocenters. The fraction of sp³-hybridized carbons (Fsp3) is 0.750. The Bertz CT molecular complexity index is 543. The number of likely N-dealkylation sites (tertiary alicyclic amines) is 1. The maximum Gasteiger partial charge on any atom is 0.193 e. The van der Waals surface area contributed by atoms with Crippen molar-refractivity contribution in [1.82, 2.24) is 15.1 Å². The molecule has 27 heavy (non-hydrogen) atoms. The Kier molecular flexibility index (Phi) is 8.45. The predicted molar refractivity (Wildman–Crippen MR) is 106 cm³/mol. The SMILES string of the molecule is CCOCC1CCN(C(=NCCN2CCOCC2)NCCc2ccco2)C1. The molecule has 0 radical (unpaired) electrons. The molecule has 7 heteroatoms. The van der Waals surface area contributed by atoms with E-state index in [1.165, 1.54) is 6.42 Å². The van der Waals surface area contributed by atoms with E-state index < -0.39 is 0 Å². The number of hydrogen-bond acceptors (Lipinski definition) is 5. The normalized spacial score (nSPS) is 21.7. The lowest BCUT2D eigenvalue weighted by atomic mass is 10.1. The van der Waals surface area contributed by atoms with Gasteiger partial charge in [0, 0.05) is 58.2 Å². The lowest BCUT2D eigenvalue weighted by molar-refractivity contribution is 0.0394. The molecule has 1 N–H and O–H groups in total. The molecule has 3 heterocycles. The average Bonchev–Trinajstić information content (AvgIpc) is 3.38. The lowest BCUT2D eigenvalue weighted by Crippen LogP contribution is -2.42. The first-order chi connectivity index (χ1) is 13.3. The standard InChI is InChI=1S/C20H34N4O3/c1-2-25-17-18-6-9-24(16-18)20(21-7-5-19-4-3-13-27-19)22-8-10-23-11-14-26-15-12-23/h3-4,13,18H,2,5-12,14-17H2,1H3,(H,21,22). The van der Waals surface area contributed by atoms with Crippen LogP contribution in [-0.4, -0.2) is 88.0 Å². The predicted octanol–water partition coefficient (Wildman–Crippen LogP) is 1.46. The minimum Gasteiger partial charge on any atom is -0.469 e. The lowest BCUT2D eigenvalue weighted by Gasteiger charge is -2.26. The van der Waals surface area contributed by atoms with Crippen molar-refractivity contribution in [2.45, 2.75) is 19.8 Å². The van der Waals surface area contributed by atoms with Crippen molar-refractivity contribution in [2.24, 2.45) is 10.9 Å². The Morgan fingerprint density at radius 3 is 3.00 bits per heavy atom. The van der Waals surface area contributed by atoms with Gasteiger partial charge in [0.05, 0.1) is 32.6 Å². The molecule has 1 unspecified atom stereocenters. The number of nitrogens with one attached hydrogen (secondary N) is 1. The van der Waals surface area contributed by atoms with Gasteiger partial charge >= 0.3 is 0 Å². The summed E-state index contributed by atoms with van der Waals surface area (Å²) < 4.78 is 16.5. The summed E-state index contributed by atoms with van der Waals surface area (Å²) >= 11 is 0. The molecule has 2 aliphatic rings. The second kappa shape index (κ2) is 11.3. The van der Waals surface area contributed by atoms with Gasteiger partial charge in [-0.15, -0.1) is 0 Å². The van der Waals surface area contributed by atoms with Crippen molar-refractivity contribution >= 4 is 5.96 Å². The summed E-state index contributed by atoms with van der Waals surface area (Å²) in [6, 6.07) is 3.95. The van der Waals surface area contributed by atoms with Crippen molar-refractivity contribution in [1.29, 1.82) is 0 Å². The molecule has 2 fully saturated rings. The number of furan rings is 1. The van der Waals surface area contributed by atoms with E-state index >= 15 is 0 Å². The highest BCUT2D eigenvalue weighted by Crippen LogP contribution is 2.16. The fourth-order valence-electron chi connectivity index (χ4n) is 3.59. The number of hydrogen-bond donors (Lipinski definition) is 1. The van der Waals surface area contributed by atoms with Crippen molar-refractivity contribution in [3.8, 4) is 0 Å². The van der Waals surface area contributed by atoms with Crippen LogP contribution in [0.15, 0.2) is 27.8 Å². The second-order valence-corrected chi connectivity index (χ2v) is 7.18. The summed E-state index contributed by atoms with van der Waals surface area (Å²) in [6.07, 6.45) is 3.76. The summed E-state index contributed by atoms with van der Waals surface area (Å²) in [6.45, 7) is 12.1. The maximum absolute atomic E-state index is 5.62. The van der Waals surface area contributed by atoms with Crippen LogP contribution in [0.2, 0.25) is 0 Å². The van der Waals surface area contributed by atoms with E-state index in [9.17, 15) is 0 Å². The quantitative estimate of drug-likeness (QED) is 0.519. The van der Waals surface area contributed by atoms with Crippen LogP contribution < -0.4 is 5.32 Å². The van der Waals surface area contributed by atoms with Gasteiger partial charge in [-0.1, -0.05) is 0 Å². The highest BCUT2D eigenvalue weighted by atomic mass is 16.5. The summed E-state index contributed by atoms with van der Waals surface area (Å²) in [5, 5.41) is 3.55. The highest BCUT2D eigenvalue weighted by Gasteiger charge is 2.25. The van der Waals surface area contributed by atoms with Gasteiger partial charge in [-0.25, -0.2) is 0 Å². The van der Waals surface area contributed by atoms with Crippen molar-refractivity contribution in [2.75, 3.05) is 72.2 Å². The van der Waals surface area contributed by atoms with Crippen molar-refractivity contribution in [3.05, 3.63) is 24.2 Å². The smallest absolute Gasteiger partial charge is 0.193 e. The molecule has 2 aliphatic heterocycles. The van der Waals surface area contributed by atoms with E-state index in [4.69, 9.17) is 18.9 Å². The third kappa shape index (κ3) is 6.83. The Hall–Kier alpha value is -1.57. The molecule has 0 bridgehead atoms. The zero-order valence-corrected chi connectivity index (χ0v) is 16.6. The molecule has 0 aliphatic carbocycles. The van der Waals surface area contributed by atoms with Gasteiger partial charge in [0.25, 0.3) is 0 Å². The van der Waals surface area contributed by atoms with Crippen LogP contribution in [0.4, 0.5) is 0 Å². The number of guanidine groups is 1. The van der Waals surface area contributed by atoms with Crippen LogP contribution in [0, 0.1) is 5.92 Å².